The first kappa shape index (κ1) is 19.7. The molecular formula is C21H26N4O3S. The number of ether oxygens (including phenoxy) is 1. The number of carbonyl (C=O) groups is 2. The van der Waals surface area contributed by atoms with Crippen molar-refractivity contribution in [2.24, 2.45) is 5.92 Å². The van der Waals surface area contributed by atoms with Crippen LogP contribution in [0.2, 0.25) is 0 Å². The van der Waals surface area contributed by atoms with Gasteiger partial charge in [0.15, 0.2) is 5.13 Å². The molecule has 8 heteroatoms. The summed E-state index contributed by atoms with van der Waals surface area (Å²) in [6.45, 7) is 2.87. The lowest BCUT2D eigenvalue weighted by atomic mass is 9.96. The highest BCUT2D eigenvalue weighted by Crippen LogP contribution is 2.29. The molecule has 0 radical (unpaired) electrons. The van der Waals surface area contributed by atoms with Gasteiger partial charge in [0.25, 0.3) is 5.91 Å². The van der Waals surface area contributed by atoms with Gasteiger partial charge in [0.2, 0.25) is 5.91 Å². The average Bonchev–Trinajstić information content (AvgIpc) is 3.46. The number of nitrogens with zero attached hydrogens (tertiary/aromatic N) is 3. The van der Waals surface area contributed by atoms with Crippen molar-refractivity contribution < 1.29 is 14.3 Å². The number of benzene rings is 1. The summed E-state index contributed by atoms with van der Waals surface area (Å²) in [5.41, 5.74) is 1.22. The number of rotatable bonds is 5. The molecule has 2 saturated heterocycles. The maximum atomic E-state index is 13.0. The first-order chi connectivity index (χ1) is 14.2. The molecule has 1 atom stereocenters. The number of likely N-dealkylation sites (tertiary alicyclic amines) is 2. The van der Waals surface area contributed by atoms with Crippen molar-refractivity contribution in [3.8, 4) is 5.75 Å². The SMILES string of the molecule is COc1ccccc1Nc1nc(C(=O)N2CCC[C@@H](C(=O)N3CCCC3)C2)cs1. The normalized spacial score (nSPS) is 19.3. The Hall–Kier alpha value is -2.61. The van der Waals surface area contributed by atoms with Crippen molar-refractivity contribution in [1.29, 1.82) is 0 Å². The fourth-order valence-corrected chi connectivity index (χ4v) is 4.71. The van der Waals surface area contributed by atoms with Crippen LogP contribution >= 0.6 is 11.3 Å². The van der Waals surface area contributed by atoms with Gasteiger partial charge in [-0.1, -0.05) is 12.1 Å². The molecule has 2 aliphatic heterocycles. The third-order valence-corrected chi connectivity index (χ3v) is 6.31. The molecule has 2 aromatic rings. The van der Waals surface area contributed by atoms with Gasteiger partial charge in [0, 0.05) is 31.6 Å². The Balaban J connectivity index is 1.41. The Kier molecular flexibility index (Phi) is 5.99. The van der Waals surface area contributed by atoms with Gasteiger partial charge in [-0.15, -0.1) is 11.3 Å². The number of methoxy groups -OCH3 is 1. The van der Waals surface area contributed by atoms with Crippen LogP contribution in [0.15, 0.2) is 29.6 Å². The summed E-state index contributed by atoms with van der Waals surface area (Å²) >= 11 is 1.38. The molecule has 3 heterocycles. The van der Waals surface area contributed by atoms with Crippen molar-refractivity contribution in [3.63, 3.8) is 0 Å². The number of hydrogen-bond acceptors (Lipinski definition) is 6. The third kappa shape index (κ3) is 4.37. The fourth-order valence-electron chi connectivity index (χ4n) is 4.01. The van der Waals surface area contributed by atoms with E-state index >= 15 is 0 Å². The van der Waals surface area contributed by atoms with Crippen LogP contribution in [-0.4, -0.2) is 59.9 Å². The molecule has 4 rings (SSSR count). The first-order valence-corrected chi connectivity index (χ1v) is 11.0. The lowest BCUT2D eigenvalue weighted by molar-refractivity contribution is -0.135. The topological polar surface area (TPSA) is 74.8 Å². The summed E-state index contributed by atoms with van der Waals surface area (Å²) in [5, 5.41) is 5.62. The van der Waals surface area contributed by atoms with Crippen molar-refractivity contribution >= 4 is 34.0 Å². The highest BCUT2D eigenvalue weighted by atomic mass is 32.1. The van der Waals surface area contributed by atoms with E-state index in [1.807, 2.05) is 29.2 Å². The number of amides is 2. The second-order valence-corrected chi connectivity index (χ2v) is 8.34. The zero-order chi connectivity index (χ0) is 20.2. The Bertz CT molecular complexity index is 878. The second kappa shape index (κ2) is 8.82. The minimum Gasteiger partial charge on any atom is -0.495 e. The monoisotopic (exact) mass is 414 g/mol. The minimum absolute atomic E-state index is 0.0874. The van der Waals surface area contributed by atoms with Gasteiger partial charge in [0.1, 0.15) is 11.4 Å². The predicted octanol–water partition coefficient (Wildman–Crippen LogP) is 3.37. The maximum absolute atomic E-state index is 13.0. The van der Waals surface area contributed by atoms with E-state index in [0.29, 0.717) is 23.9 Å². The van der Waals surface area contributed by atoms with Crippen molar-refractivity contribution in [3.05, 3.63) is 35.3 Å². The lowest BCUT2D eigenvalue weighted by Gasteiger charge is -2.33. The van der Waals surface area contributed by atoms with Crippen molar-refractivity contribution in [1.82, 2.24) is 14.8 Å². The molecule has 0 unspecified atom stereocenters. The minimum atomic E-state index is -0.103. The Morgan fingerprint density at radius 1 is 1.14 bits per heavy atom. The number of piperidine rings is 1. The summed E-state index contributed by atoms with van der Waals surface area (Å²) in [6, 6.07) is 7.58. The number of nitrogens with one attached hydrogen (secondary N) is 1. The van der Waals surface area contributed by atoms with E-state index in [9.17, 15) is 9.59 Å². The lowest BCUT2D eigenvalue weighted by Crippen LogP contribution is -2.46. The summed E-state index contributed by atoms with van der Waals surface area (Å²) in [5.74, 6) is 0.732. The second-order valence-electron chi connectivity index (χ2n) is 7.49. The van der Waals surface area contributed by atoms with Crippen molar-refractivity contribution in [2.45, 2.75) is 25.7 Å². The molecule has 2 fully saturated rings. The standard InChI is InChI=1S/C21H26N4O3S/c1-28-18-9-3-2-8-16(18)22-21-23-17(14-29-21)20(27)25-12-6-7-15(13-25)19(26)24-10-4-5-11-24/h2-3,8-9,14-15H,4-7,10-13H2,1H3,(H,22,23)/t15-/m1/s1. The molecule has 154 valence electrons. The van der Waals surface area contributed by atoms with Crippen LogP contribution in [0.25, 0.3) is 0 Å². The summed E-state index contributed by atoms with van der Waals surface area (Å²) in [4.78, 5) is 33.9. The molecule has 1 aromatic carbocycles. The number of anilines is 2. The van der Waals surface area contributed by atoms with Gasteiger partial charge in [-0.05, 0) is 37.8 Å². The van der Waals surface area contributed by atoms with Gasteiger partial charge in [0.05, 0.1) is 18.7 Å². The molecule has 0 bridgehead atoms. The number of carbonyl (C=O) groups excluding carboxylic acids is 2. The average molecular weight is 415 g/mol. The van der Waals surface area contributed by atoms with Crippen LogP contribution in [0, 0.1) is 5.92 Å². The highest BCUT2D eigenvalue weighted by molar-refractivity contribution is 7.14. The fraction of sp³-hybridized carbons (Fsp3) is 0.476. The van der Waals surface area contributed by atoms with Gasteiger partial charge in [-0.3, -0.25) is 9.59 Å². The zero-order valence-electron chi connectivity index (χ0n) is 16.6. The summed E-state index contributed by atoms with van der Waals surface area (Å²) in [7, 11) is 1.62. The van der Waals surface area contributed by atoms with Crippen LogP contribution in [-0.2, 0) is 4.79 Å². The number of thiazole rings is 1. The van der Waals surface area contributed by atoms with Crippen molar-refractivity contribution in [2.75, 3.05) is 38.6 Å². The van der Waals surface area contributed by atoms with Gasteiger partial charge in [-0.2, -0.15) is 0 Å². The van der Waals surface area contributed by atoms with Crippen LogP contribution in [0.5, 0.6) is 5.75 Å². The Morgan fingerprint density at radius 3 is 2.69 bits per heavy atom. The molecule has 2 aliphatic rings. The molecule has 2 amide bonds. The summed E-state index contributed by atoms with van der Waals surface area (Å²) < 4.78 is 5.35. The smallest absolute Gasteiger partial charge is 0.273 e. The summed E-state index contributed by atoms with van der Waals surface area (Å²) in [6.07, 6.45) is 3.88. The molecular weight excluding hydrogens is 388 g/mol. The third-order valence-electron chi connectivity index (χ3n) is 5.55. The van der Waals surface area contributed by atoms with E-state index in [1.165, 1.54) is 11.3 Å². The Labute approximate surface area is 174 Å². The molecule has 29 heavy (non-hydrogen) atoms. The van der Waals surface area contributed by atoms with Crippen LogP contribution < -0.4 is 10.1 Å². The zero-order valence-corrected chi connectivity index (χ0v) is 17.4. The number of para-hydroxylation sites is 2. The van der Waals surface area contributed by atoms with E-state index in [1.54, 1.807) is 17.4 Å². The van der Waals surface area contributed by atoms with E-state index in [4.69, 9.17) is 4.74 Å². The van der Waals surface area contributed by atoms with E-state index < -0.39 is 0 Å². The van der Waals surface area contributed by atoms with E-state index in [-0.39, 0.29) is 17.7 Å². The highest BCUT2D eigenvalue weighted by Gasteiger charge is 2.33. The number of aromatic nitrogens is 1. The quantitative estimate of drug-likeness (QED) is 0.812. The maximum Gasteiger partial charge on any atom is 0.273 e. The van der Waals surface area contributed by atoms with Gasteiger partial charge in [-0.25, -0.2) is 4.98 Å². The predicted molar refractivity (Wildman–Crippen MR) is 113 cm³/mol. The molecule has 0 saturated carbocycles. The van der Waals surface area contributed by atoms with Gasteiger partial charge < -0.3 is 19.9 Å². The van der Waals surface area contributed by atoms with Crippen LogP contribution in [0.4, 0.5) is 10.8 Å². The van der Waals surface area contributed by atoms with E-state index in [2.05, 4.69) is 10.3 Å². The van der Waals surface area contributed by atoms with Crippen LogP contribution in [0.3, 0.4) is 0 Å². The molecule has 1 aromatic heterocycles. The van der Waals surface area contributed by atoms with E-state index in [0.717, 1.165) is 50.2 Å². The molecule has 7 nitrogen and oxygen atoms in total. The largest absolute Gasteiger partial charge is 0.495 e. The van der Waals surface area contributed by atoms with Gasteiger partial charge >= 0.3 is 0 Å². The first-order valence-electron chi connectivity index (χ1n) is 10.1. The molecule has 1 N–H and O–H groups in total. The molecule has 0 aliphatic carbocycles. The molecule has 0 spiro atoms. The van der Waals surface area contributed by atoms with Crippen LogP contribution in [0.1, 0.15) is 36.2 Å². The Morgan fingerprint density at radius 2 is 1.90 bits per heavy atom. The number of hydrogen-bond donors (Lipinski definition) is 1.